The molecule has 1 fully saturated rings. The number of thiocarbonyl (C=S) groups is 1. The van der Waals surface area contributed by atoms with Gasteiger partial charge in [0.2, 0.25) is 0 Å². The van der Waals surface area contributed by atoms with E-state index in [-0.39, 0.29) is 22.4 Å². The van der Waals surface area contributed by atoms with Crippen molar-refractivity contribution in [1.29, 1.82) is 0 Å². The second kappa shape index (κ2) is 7.56. The maximum Gasteiger partial charge on any atom is 0.270 e. The number of benzene rings is 2. The summed E-state index contributed by atoms with van der Waals surface area (Å²) in [5, 5.41) is 9.79. The summed E-state index contributed by atoms with van der Waals surface area (Å²) in [5.41, 5.74) is 1.04. The SMILES string of the molecule is COc1cc(/C=C2\SC(=S)N(c3ccc(F)c(Cl)c3)C2=O)cc(Br)c1O. The highest BCUT2D eigenvalue weighted by Gasteiger charge is 2.33. The number of rotatable bonds is 3. The Balaban J connectivity index is 1.97. The topological polar surface area (TPSA) is 49.8 Å². The van der Waals surface area contributed by atoms with Crippen molar-refractivity contribution in [3.63, 3.8) is 0 Å². The minimum absolute atomic E-state index is 0.0295. The molecule has 0 spiro atoms. The van der Waals surface area contributed by atoms with Gasteiger partial charge in [-0.05, 0) is 57.9 Å². The lowest BCUT2D eigenvalue weighted by atomic mass is 10.2. The van der Waals surface area contributed by atoms with Crippen LogP contribution in [0.1, 0.15) is 5.56 Å². The molecule has 26 heavy (non-hydrogen) atoms. The highest BCUT2D eigenvalue weighted by atomic mass is 79.9. The molecular formula is C17H10BrClFNO3S2. The monoisotopic (exact) mass is 473 g/mol. The first kappa shape index (κ1) is 19.2. The van der Waals surface area contributed by atoms with Crippen LogP contribution in [0.25, 0.3) is 6.08 Å². The Labute approximate surface area is 171 Å². The fourth-order valence-electron chi connectivity index (χ4n) is 2.30. The normalized spacial score (nSPS) is 15.8. The number of methoxy groups -OCH3 is 1. The van der Waals surface area contributed by atoms with Gasteiger partial charge in [0.15, 0.2) is 15.8 Å². The summed E-state index contributed by atoms with van der Waals surface area (Å²) < 4.78 is 19.2. The van der Waals surface area contributed by atoms with E-state index >= 15 is 0 Å². The van der Waals surface area contributed by atoms with Crippen LogP contribution in [0.2, 0.25) is 5.02 Å². The number of aromatic hydroxyl groups is 1. The van der Waals surface area contributed by atoms with Crippen molar-refractivity contribution in [2.24, 2.45) is 0 Å². The van der Waals surface area contributed by atoms with E-state index in [0.717, 1.165) is 11.8 Å². The van der Waals surface area contributed by atoms with Gasteiger partial charge in [-0.3, -0.25) is 9.69 Å². The molecule has 9 heteroatoms. The average molecular weight is 475 g/mol. The van der Waals surface area contributed by atoms with Gasteiger partial charge in [0.1, 0.15) is 5.82 Å². The van der Waals surface area contributed by atoms with Gasteiger partial charge in [0, 0.05) is 0 Å². The lowest BCUT2D eigenvalue weighted by Crippen LogP contribution is -2.27. The van der Waals surface area contributed by atoms with Gasteiger partial charge in [-0.2, -0.15) is 0 Å². The van der Waals surface area contributed by atoms with Gasteiger partial charge in [-0.25, -0.2) is 4.39 Å². The summed E-state index contributed by atoms with van der Waals surface area (Å²) in [6.07, 6.45) is 1.64. The number of phenols is 1. The molecule has 1 saturated heterocycles. The van der Waals surface area contributed by atoms with Gasteiger partial charge in [0.25, 0.3) is 5.91 Å². The summed E-state index contributed by atoms with van der Waals surface area (Å²) in [4.78, 5) is 14.4. The van der Waals surface area contributed by atoms with E-state index < -0.39 is 5.82 Å². The molecule has 1 N–H and O–H groups in total. The van der Waals surface area contributed by atoms with Crippen LogP contribution in [0.4, 0.5) is 10.1 Å². The molecule has 0 atom stereocenters. The van der Waals surface area contributed by atoms with Crippen molar-refractivity contribution >= 4 is 73.5 Å². The molecule has 2 aromatic carbocycles. The minimum Gasteiger partial charge on any atom is -0.503 e. The Morgan fingerprint density at radius 2 is 2.12 bits per heavy atom. The van der Waals surface area contributed by atoms with Crippen LogP contribution < -0.4 is 9.64 Å². The number of amides is 1. The second-order valence-corrected chi connectivity index (χ2v) is 8.11. The van der Waals surface area contributed by atoms with Crippen LogP contribution in [-0.2, 0) is 4.79 Å². The number of halogens is 3. The zero-order valence-corrected chi connectivity index (χ0v) is 17.1. The number of ether oxygens (including phenoxy) is 1. The van der Waals surface area contributed by atoms with E-state index in [1.54, 1.807) is 18.2 Å². The van der Waals surface area contributed by atoms with Crippen molar-refractivity contribution in [2.45, 2.75) is 0 Å². The van der Waals surface area contributed by atoms with Gasteiger partial charge >= 0.3 is 0 Å². The smallest absolute Gasteiger partial charge is 0.270 e. The first-order chi connectivity index (χ1) is 12.3. The van der Waals surface area contributed by atoms with E-state index in [0.29, 0.717) is 24.9 Å². The van der Waals surface area contributed by atoms with Crippen molar-refractivity contribution < 1.29 is 19.0 Å². The van der Waals surface area contributed by atoms with Gasteiger partial charge in [-0.15, -0.1) is 0 Å². The number of hydrogen-bond donors (Lipinski definition) is 1. The molecular weight excluding hydrogens is 465 g/mol. The summed E-state index contributed by atoms with van der Waals surface area (Å²) in [6.45, 7) is 0. The number of hydrogen-bond acceptors (Lipinski definition) is 5. The molecule has 0 radical (unpaired) electrons. The third kappa shape index (κ3) is 3.59. The van der Waals surface area contributed by atoms with Crippen molar-refractivity contribution in [3.05, 3.63) is 56.1 Å². The molecule has 4 nitrogen and oxygen atoms in total. The molecule has 134 valence electrons. The number of thioether (sulfide) groups is 1. The Morgan fingerprint density at radius 1 is 1.38 bits per heavy atom. The zero-order chi connectivity index (χ0) is 19.0. The summed E-state index contributed by atoms with van der Waals surface area (Å²) in [5.74, 6) is -0.673. The lowest BCUT2D eigenvalue weighted by Gasteiger charge is -2.14. The van der Waals surface area contributed by atoms with Crippen LogP contribution in [-0.4, -0.2) is 22.4 Å². The average Bonchev–Trinajstić information content (AvgIpc) is 2.87. The number of anilines is 1. The van der Waals surface area contributed by atoms with Crippen molar-refractivity contribution in [3.8, 4) is 11.5 Å². The van der Waals surface area contributed by atoms with Gasteiger partial charge < -0.3 is 9.84 Å². The maximum atomic E-state index is 13.4. The molecule has 3 rings (SSSR count). The molecule has 1 heterocycles. The molecule has 0 unspecified atom stereocenters. The van der Waals surface area contributed by atoms with Crippen LogP contribution in [0.5, 0.6) is 11.5 Å². The molecule has 0 saturated carbocycles. The van der Waals surface area contributed by atoms with E-state index in [1.165, 1.54) is 30.2 Å². The molecule has 2 aromatic rings. The standard InChI is InChI=1S/C17H10BrClFNO3S2/c1-24-13-5-8(4-10(18)15(13)22)6-14-16(23)21(17(25)26-14)9-2-3-12(20)11(19)7-9/h2-7,22H,1H3/b14-6-. The summed E-state index contributed by atoms with van der Waals surface area (Å²) >= 11 is 15.4. The molecule has 0 aliphatic carbocycles. The van der Waals surface area contributed by atoms with Crippen LogP contribution in [0, 0.1) is 5.82 Å². The van der Waals surface area contributed by atoms with Gasteiger partial charge in [0.05, 0.1) is 27.2 Å². The molecule has 1 aliphatic heterocycles. The van der Waals surface area contributed by atoms with Crippen LogP contribution in [0.15, 0.2) is 39.7 Å². The lowest BCUT2D eigenvalue weighted by molar-refractivity contribution is -0.113. The van der Waals surface area contributed by atoms with E-state index in [9.17, 15) is 14.3 Å². The largest absolute Gasteiger partial charge is 0.503 e. The Kier molecular flexibility index (Phi) is 5.57. The number of carbonyl (C=O) groups is 1. The fourth-order valence-corrected chi connectivity index (χ4v) is 4.23. The molecule has 0 bridgehead atoms. The highest BCUT2D eigenvalue weighted by Crippen LogP contribution is 2.39. The molecule has 1 aliphatic rings. The van der Waals surface area contributed by atoms with Crippen molar-refractivity contribution in [2.75, 3.05) is 12.0 Å². The zero-order valence-electron chi connectivity index (χ0n) is 13.1. The predicted molar refractivity (Wildman–Crippen MR) is 109 cm³/mol. The first-order valence-electron chi connectivity index (χ1n) is 7.11. The summed E-state index contributed by atoms with van der Waals surface area (Å²) in [6, 6.07) is 7.22. The first-order valence-corrected chi connectivity index (χ1v) is 9.51. The van der Waals surface area contributed by atoms with Crippen LogP contribution >= 0.6 is 51.5 Å². The quantitative estimate of drug-likeness (QED) is 0.479. The molecule has 1 amide bonds. The maximum absolute atomic E-state index is 13.4. The van der Waals surface area contributed by atoms with Gasteiger partial charge in [-0.1, -0.05) is 35.6 Å². The Hall–Kier alpha value is -1.61. The number of nitrogens with zero attached hydrogens (tertiary/aromatic N) is 1. The summed E-state index contributed by atoms with van der Waals surface area (Å²) in [7, 11) is 1.43. The Morgan fingerprint density at radius 3 is 2.77 bits per heavy atom. The molecule has 0 aromatic heterocycles. The Bertz CT molecular complexity index is 967. The fraction of sp³-hybridized carbons (Fsp3) is 0.0588. The van der Waals surface area contributed by atoms with E-state index in [4.69, 9.17) is 28.6 Å². The minimum atomic E-state index is -0.572. The number of carbonyl (C=O) groups excluding carboxylic acids is 1. The van der Waals surface area contributed by atoms with Crippen molar-refractivity contribution in [1.82, 2.24) is 0 Å². The third-order valence-electron chi connectivity index (χ3n) is 3.52. The van der Waals surface area contributed by atoms with E-state index in [2.05, 4.69) is 15.9 Å². The second-order valence-electron chi connectivity index (χ2n) is 5.17. The van der Waals surface area contributed by atoms with E-state index in [1.807, 2.05) is 0 Å². The third-order valence-corrected chi connectivity index (χ3v) is 5.72. The predicted octanol–water partition coefficient (Wildman–Crippen LogP) is 5.36. The van der Waals surface area contributed by atoms with Crippen LogP contribution in [0.3, 0.4) is 0 Å². The highest BCUT2D eigenvalue weighted by molar-refractivity contribution is 9.10. The number of phenolic OH excluding ortho intramolecular Hbond substituents is 1.